The number of carbonyl (C=O) groups is 1. The second-order valence-corrected chi connectivity index (χ2v) is 6.74. The molecule has 6 nitrogen and oxygen atoms in total. The van der Waals surface area contributed by atoms with Crippen LogP contribution in [0.3, 0.4) is 0 Å². The Balaban J connectivity index is 0.000000499. The van der Waals surface area contributed by atoms with E-state index in [1.165, 1.54) is 25.9 Å². The van der Waals surface area contributed by atoms with Crippen LogP contribution < -0.4 is 14.8 Å². The molecule has 0 radical (unpaired) electrons. The Morgan fingerprint density at radius 1 is 1.11 bits per heavy atom. The minimum atomic E-state index is 0.534. The number of hydrogen-bond donors (Lipinski definition) is 1. The first-order chi connectivity index (χ1) is 13.0. The molecule has 1 heterocycles. The van der Waals surface area contributed by atoms with Crippen LogP contribution in [0.5, 0.6) is 11.5 Å². The first kappa shape index (κ1) is 25.4. The third-order valence-electron chi connectivity index (χ3n) is 4.06. The highest BCUT2D eigenvalue weighted by Gasteiger charge is 2.05. The molecule has 0 atom stereocenters. The average Bonchev–Trinajstić information content (AvgIpc) is 3.25. The number of methoxy groups -OCH3 is 2. The molecule has 2 rings (SSSR count). The fraction of sp³-hybridized carbons (Fsp3) is 0.667. The lowest BCUT2D eigenvalue weighted by atomic mass is 10.2. The van der Waals surface area contributed by atoms with E-state index < -0.39 is 0 Å². The van der Waals surface area contributed by atoms with Crippen LogP contribution in [0.1, 0.15) is 43.5 Å². The smallest absolute Gasteiger partial charge is 0.161 e. The van der Waals surface area contributed by atoms with Crippen LogP contribution in [0.15, 0.2) is 18.2 Å². The maximum Gasteiger partial charge on any atom is 0.161 e. The molecule has 1 fully saturated rings. The van der Waals surface area contributed by atoms with Gasteiger partial charge in [-0.25, -0.2) is 0 Å². The van der Waals surface area contributed by atoms with Crippen molar-refractivity contribution >= 4 is 6.29 Å². The number of hydrogen-bond acceptors (Lipinski definition) is 6. The summed E-state index contributed by atoms with van der Waals surface area (Å²) in [7, 11) is 7.36. The first-order valence-corrected chi connectivity index (χ1v) is 9.58. The molecule has 1 saturated heterocycles. The van der Waals surface area contributed by atoms with Crippen molar-refractivity contribution in [3.05, 3.63) is 23.8 Å². The number of rotatable bonds is 8. The van der Waals surface area contributed by atoms with E-state index in [1.807, 2.05) is 0 Å². The van der Waals surface area contributed by atoms with E-state index in [1.54, 1.807) is 32.4 Å². The number of aldehydes is 1. The van der Waals surface area contributed by atoms with Gasteiger partial charge >= 0.3 is 0 Å². The number of nitrogens with zero attached hydrogens (tertiary/aromatic N) is 1. The fourth-order valence-corrected chi connectivity index (χ4v) is 1.89. The monoisotopic (exact) mass is 382 g/mol. The largest absolute Gasteiger partial charge is 0.493 e. The Bertz CT molecular complexity index is 475. The number of carbonyl (C=O) groups excluding carboxylic acids is 1. The van der Waals surface area contributed by atoms with E-state index in [0.717, 1.165) is 12.7 Å². The van der Waals surface area contributed by atoms with E-state index in [4.69, 9.17) is 14.2 Å². The average molecular weight is 383 g/mol. The normalized spacial score (nSPS) is 12.7. The molecule has 0 unspecified atom stereocenters. The summed E-state index contributed by atoms with van der Waals surface area (Å²) < 4.78 is 15.6. The van der Waals surface area contributed by atoms with Crippen LogP contribution in [0, 0.1) is 0 Å². The third kappa shape index (κ3) is 13.2. The summed E-state index contributed by atoms with van der Waals surface area (Å²) in [5, 5.41) is 3.22. The highest BCUT2D eigenvalue weighted by molar-refractivity contribution is 5.76. The van der Waals surface area contributed by atoms with Gasteiger partial charge in [-0.2, -0.15) is 0 Å². The van der Waals surface area contributed by atoms with E-state index in [-0.39, 0.29) is 0 Å². The standard InChI is InChI=1S/C12H16O4.C5H13N.C4H9N/c1-14-6-3-7-16-12-8-10(9-13)4-5-11(12)15-2;1-5(2)6(3)4;1-2-4-5-3-1/h4-5,8-9H,3,6-7H2,1-2H3;5H,1-4H3;5H,1-4H2. The van der Waals surface area contributed by atoms with Crippen LogP contribution in [-0.4, -0.2) is 71.8 Å². The molecule has 0 aliphatic carbocycles. The van der Waals surface area contributed by atoms with E-state index in [2.05, 4.69) is 38.2 Å². The second-order valence-electron chi connectivity index (χ2n) is 6.74. The maximum atomic E-state index is 10.6. The zero-order valence-corrected chi connectivity index (χ0v) is 17.9. The third-order valence-corrected chi connectivity index (χ3v) is 4.06. The van der Waals surface area contributed by atoms with Crippen molar-refractivity contribution in [3.63, 3.8) is 0 Å². The van der Waals surface area contributed by atoms with Gasteiger partial charge in [0.05, 0.1) is 13.7 Å². The zero-order valence-electron chi connectivity index (χ0n) is 17.9. The molecule has 1 N–H and O–H groups in total. The molecular formula is C21H38N2O4. The molecule has 0 amide bonds. The van der Waals surface area contributed by atoms with Crippen molar-refractivity contribution in [2.24, 2.45) is 0 Å². The summed E-state index contributed by atoms with van der Waals surface area (Å²) in [4.78, 5) is 12.8. The molecule has 156 valence electrons. The summed E-state index contributed by atoms with van der Waals surface area (Å²) in [6.07, 6.45) is 4.35. The maximum absolute atomic E-state index is 10.6. The topological polar surface area (TPSA) is 60.0 Å². The molecule has 0 bridgehead atoms. The number of benzene rings is 1. The van der Waals surface area contributed by atoms with Gasteiger partial charge in [0.2, 0.25) is 0 Å². The van der Waals surface area contributed by atoms with Gasteiger partial charge in [0.1, 0.15) is 6.29 Å². The van der Waals surface area contributed by atoms with Crippen molar-refractivity contribution in [2.75, 3.05) is 54.6 Å². The van der Waals surface area contributed by atoms with Crippen molar-refractivity contribution in [1.29, 1.82) is 0 Å². The minimum Gasteiger partial charge on any atom is -0.493 e. The van der Waals surface area contributed by atoms with Gasteiger partial charge in [-0.1, -0.05) is 0 Å². The summed E-state index contributed by atoms with van der Waals surface area (Å²) >= 11 is 0. The summed E-state index contributed by atoms with van der Waals surface area (Å²) in [5.41, 5.74) is 0.572. The lowest BCUT2D eigenvalue weighted by Gasteiger charge is -2.12. The quantitative estimate of drug-likeness (QED) is 0.550. The Kier molecular flexibility index (Phi) is 15.5. The molecule has 1 aliphatic heterocycles. The van der Waals surface area contributed by atoms with Crippen molar-refractivity contribution < 1.29 is 19.0 Å². The van der Waals surface area contributed by atoms with E-state index >= 15 is 0 Å². The lowest BCUT2D eigenvalue weighted by Crippen LogP contribution is -2.20. The predicted octanol–water partition coefficient (Wildman–Crippen LogP) is 3.25. The molecule has 1 aromatic carbocycles. The van der Waals surface area contributed by atoms with E-state index in [9.17, 15) is 4.79 Å². The van der Waals surface area contributed by atoms with Crippen LogP contribution in [0.4, 0.5) is 0 Å². The SMILES string of the molecule is C1CCNC1.CC(C)N(C)C.COCCCOc1cc(C=O)ccc1OC. The zero-order chi connectivity index (χ0) is 20.5. The molecule has 0 spiro atoms. The predicted molar refractivity (Wildman–Crippen MR) is 111 cm³/mol. The molecule has 1 aromatic rings. The van der Waals surface area contributed by atoms with Crippen molar-refractivity contribution in [3.8, 4) is 11.5 Å². The Morgan fingerprint density at radius 2 is 1.74 bits per heavy atom. The van der Waals surface area contributed by atoms with Gasteiger partial charge in [0.25, 0.3) is 0 Å². The molecule has 27 heavy (non-hydrogen) atoms. The van der Waals surface area contributed by atoms with Gasteiger partial charge < -0.3 is 24.4 Å². The molecular weight excluding hydrogens is 344 g/mol. The summed E-state index contributed by atoms with van der Waals surface area (Å²) in [5.74, 6) is 1.21. The van der Waals surface area contributed by atoms with Gasteiger partial charge in [-0.05, 0) is 72.1 Å². The Labute approximate surface area is 165 Å². The first-order valence-electron chi connectivity index (χ1n) is 9.58. The van der Waals surface area contributed by atoms with Gasteiger partial charge in [-0.15, -0.1) is 0 Å². The van der Waals surface area contributed by atoms with Crippen LogP contribution >= 0.6 is 0 Å². The Morgan fingerprint density at radius 3 is 2.15 bits per heavy atom. The van der Waals surface area contributed by atoms with Gasteiger partial charge in [-0.3, -0.25) is 4.79 Å². The van der Waals surface area contributed by atoms with Crippen molar-refractivity contribution in [2.45, 2.75) is 39.2 Å². The Hall–Kier alpha value is -1.63. The highest BCUT2D eigenvalue weighted by atomic mass is 16.5. The fourth-order valence-electron chi connectivity index (χ4n) is 1.89. The lowest BCUT2D eigenvalue weighted by molar-refractivity contribution is 0.112. The number of ether oxygens (including phenoxy) is 3. The number of nitrogens with one attached hydrogen (secondary N) is 1. The van der Waals surface area contributed by atoms with Gasteiger partial charge in [0.15, 0.2) is 11.5 Å². The summed E-state index contributed by atoms with van der Waals surface area (Å²) in [6, 6.07) is 5.76. The van der Waals surface area contributed by atoms with Crippen LogP contribution in [-0.2, 0) is 4.74 Å². The molecule has 1 aliphatic rings. The molecule has 0 aromatic heterocycles. The van der Waals surface area contributed by atoms with Crippen molar-refractivity contribution in [1.82, 2.24) is 10.2 Å². The van der Waals surface area contributed by atoms with Crippen LogP contribution in [0.2, 0.25) is 0 Å². The minimum absolute atomic E-state index is 0.534. The second kappa shape index (κ2) is 16.5. The van der Waals surface area contributed by atoms with Crippen LogP contribution in [0.25, 0.3) is 0 Å². The molecule has 6 heteroatoms. The van der Waals surface area contributed by atoms with E-state index in [0.29, 0.717) is 36.3 Å². The van der Waals surface area contributed by atoms with Gasteiger partial charge in [0, 0.05) is 31.7 Å². The summed E-state index contributed by atoms with van der Waals surface area (Å²) in [6.45, 7) is 8.02. The highest BCUT2D eigenvalue weighted by Crippen LogP contribution is 2.27. The molecule has 0 saturated carbocycles.